The lowest BCUT2D eigenvalue weighted by Crippen LogP contribution is -2.25. The maximum absolute atomic E-state index is 12.0. The molecule has 2 aromatic heterocycles. The standard InChI is InChI=1S/C18H21N3O3S2/c1-21-9-8-13-16(11-21)26-18(19-13)20-17(24)7-5-12(22)4-6-14(23)15-3-2-10-25-15/h2-3,10H,4-9,11H2,1H3,(H,19,20,24). The van der Waals surface area contributed by atoms with Crippen molar-refractivity contribution in [3.63, 3.8) is 0 Å². The molecule has 0 aromatic carbocycles. The fourth-order valence-corrected chi connectivity index (χ4v) is 4.55. The van der Waals surface area contributed by atoms with Gasteiger partial charge in [0.25, 0.3) is 0 Å². The predicted molar refractivity (Wildman–Crippen MR) is 103 cm³/mol. The van der Waals surface area contributed by atoms with Gasteiger partial charge in [-0.1, -0.05) is 6.07 Å². The van der Waals surface area contributed by atoms with Gasteiger partial charge in [-0.25, -0.2) is 4.98 Å². The molecule has 0 saturated heterocycles. The summed E-state index contributed by atoms with van der Waals surface area (Å²) in [4.78, 5) is 44.4. The molecular weight excluding hydrogens is 370 g/mol. The summed E-state index contributed by atoms with van der Waals surface area (Å²) in [6.07, 6.45) is 1.55. The topological polar surface area (TPSA) is 79.4 Å². The number of carbonyl (C=O) groups excluding carboxylic acids is 3. The van der Waals surface area contributed by atoms with E-state index in [-0.39, 0.29) is 43.2 Å². The minimum absolute atomic E-state index is 0.0175. The van der Waals surface area contributed by atoms with Gasteiger partial charge in [-0.05, 0) is 18.5 Å². The van der Waals surface area contributed by atoms with E-state index < -0.39 is 0 Å². The number of thiazole rings is 1. The number of anilines is 1. The highest BCUT2D eigenvalue weighted by molar-refractivity contribution is 7.15. The van der Waals surface area contributed by atoms with Gasteiger partial charge in [-0.3, -0.25) is 14.4 Å². The van der Waals surface area contributed by atoms with Crippen molar-refractivity contribution in [2.75, 3.05) is 18.9 Å². The summed E-state index contributed by atoms with van der Waals surface area (Å²) in [5, 5.41) is 5.24. The van der Waals surface area contributed by atoms with E-state index in [0.29, 0.717) is 10.0 Å². The van der Waals surface area contributed by atoms with Crippen LogP contribution in [0.4, 0.5) is 5.13 Å². The van der Waals surface area contributed by atoms with E-state index >= 15 is 0 Å². The SMILES string of the molecule is CN1CCc2nc(NC(=O)CCC(=O)CCC(=O)c3cccs3)sc2C1. The minimum atomic E-state index is -0.206. The Morgan fingerprint density at radius 3 is 2.81 bits per heavy atom. The molecule has 0 aliphatic carbocycles. The van der Waals surface area contributed by atoms with Crippen LogP contribution < -0.4 is 5.32 Å². The molecular formula is C18H21N3O3S2. The van der Waals surface area contributed by atoms with E-state index in [4.69, 9.17) is 0 Å². The number of nitrogens with zero attached hydrogens (tertiary/aromatic N) is 2. The first kappa shape index (κ1) is 18.9. The van der Waals surface area contributed by atoms with Crippen LogP contribution in [-0.2, 0) is 22.6 Å². The molecule has 0 bridgehead atoms. The Morgan fingerprint density at radius 1 is 1.23 bits per heavy atom. The second-order valence-corrected chi connectivity index (χ2v) is 8.40. The summed E-state index contributed by atoms with van der Waals surface area (Å²) >= 11 is 2.88. The van der Waals surface area contributed by atoms with Gasteiger partial charge < -0.3 is 10.2 Å². The highest BCUT2D eigenvalue weighted by atomic mass is 32.1. The number of fused-ring (bicyclic) bond motifs is 1. The van der Waals surface area contributed by atoms with Crippen LogP contribution in [0.2, 0.25) is 0 Å². The van der Waals surface area contributed by atoms with Gasteiger partial charge in [0.05, 0.1) is 10.6 Å². The van der Waals surface area contributed by atoms with Crippen molar-refractivity contribution in [2.45, 2.75) is 38.6 Å². The van der Waals surface area contributed by atoms with E-state index in [0.717, 1.165) is 25.2 Å². The van der Waals surface area contributed by atoms with Crippen LogP contribution in [0, 0.1) is 0 Å². The molecule has 1 aliphatic heterocycles. The number of aromatic nitrogens is 1. The highest BCUT2D eigenvalue weighted by Gasteiger charge is 2.19. The number of nitrogens with one attached hydrogen (secondary N) is 1. The molecule has 1 aliphatic rings. The Balaban J connectivity index is 1.40. The lowest BCUT2D eigenvalue weighted by Gasteiger charge is -2.20. The predicted octanol–water partition coefficient (Wildman–Crippen LogP) is 3.14. The Kier molecular flexibility index (Phi) is 6.29. The van der Waals surface area contributed by atoms with Crippen molar-refractivity contribution >= 4 is 45.3 Å². The fourth-order valence-electron chi connectivity index (χ4n) is 2.75. The van der Waals surface area contributed by atoms with E-state index in [2.05, 4.69) is 22.2 Å². The lowest BCUT2D eigenvalue weighted by molar-refractivity contribution is -0.122. The van der Waals surface area contributed by atoms with E-state index in [1.807, 2.05) is 11.4 Å². The maximum atomic E-state index is 12.0. The second-order valence-electron chi connectivity index (χ2n) is 6.36. The minimum Gasteiger partial charge on any atom is -0.302 e. The lowest BCUT2D eigenvalue weighted by atomic mass is 10.1. The number of amides is 1. The first-order valence-corrected chi connectivity index (χ1v) is 10.3. The summed E-state index contributed by atoms with van der Waals surface area (Å²) in [5.74, 6) is -0.288. The van der Waals surface area contributed by atoms with Gasteiger partial charge >= 0.3 is 0 Å². The fraction of sp³-hybridized carbons (Fsp3) is 0.444. The van der Waals surface area contributed by atoms with Crippen molar-refractivity contribution in [1.29, 1.82) is 0 Å². The summed E-state index contributed by atoms with van der Waals surface area (Å²) in [6, 6.07) is 3.58. The van der Waals surface area contributed by atoms with E-state index in [1.165, 1.54) is 27.6 Å². The number of rotatable bonds is 8. The maximum Gasteiger partial charge on any atom is 0.226 e. The van der Waals surface area contributed by atoms with Crippen LogP contribution in [0.1, 0.15) is 45.9 Å². The van der Waals surface area contributed by atoms with Gasteiger partial charge in [-0.15, -0.1) is 22.7 Å². The van der Waals surface area contributed by atoms with Gasteiger partial charge in [-0.2, -0.15) is 0 Å². The number of thiophene rings is 1. The molecule has 6 nitrogen and oxygen atoms in total. The van der Waals surface area contributed by atoms with Crippen LogP contribution in [0.3, 0.4) is 0 Å². The number of hydrogen-bond donors (Lipinski definition) is 1. The van der Waals surface area contributed by atoms with Crippen LogP contribution in [0.5, 0.6) is 0 Å². The quantitative estimate of drug-likeness (QED) is 0.700. The molecule has 138 valence electrons. The molecule has 3 heterocycles. The number of ketones is 2. The van der Waals surface area contributed by atoms with Gasteiger partial charge in [0.15, 0.2) is 10.9 Å². The normalized spacial score (nSPS) is 14.0. The van der Waals surface area contributed by atoms with Gasteiger partial charge in [0, 0.05) is 50.1 Å². The van der Waals surface area contributed by atoms with Crippen molar-refractivity contribution in [3.8, 4) is 0 Å². The third-order valence-electron chi connectivity index (χ3n) is 4.23. The summed E-state index contributed by atoms with van der Waals surface area (Å²) in [5.41, 5.74) is 1.06. The molecule has 8 heteroatoms. The highest BCUT2D eigenvalue weighted by Crippen LogP contribution is 2.27. The largest absolute Gasteiger partial charge is 0.302 e. The summed E-state index contributed by atoms with van der Waals surface area (Å²) in [7, 11) is 2.07. The van der Waals surface area contributed by atoms with Crippen LogP contribution in [-0.4, -0.2) is 40.9 Å². The van der Waals surface area contributed by atoms with Crippen molar-refractivity contribution in [1.82, 2.24) is 9.88 Å². The Morgan fingerprint density at radius 2 is 2.04 bits per heavy atom. The molecule has 26 heavy (non-hydrogen) atoms. The average molecular weight is 392 g/mol. The average Bonchev–Trinajstić information content (AvgIpc) is 3.26. The van der Waals surface area contributed by atoms with Crippen LogP contribution in [0.15, 0.2) is 17.5 Å². The zero-order valence-electron chi connectivity index (χ0n) is 14.6. The first-order chi connectivity index (χ1) is 12.5. The molecule has 0 unspecified atom stereocenters. The second kappa shape index (κ2) is 8.66. The van der Waals surface area contributed by atoms with Crippen LogP contribution in [0.25, 0.3) is 0 Å². The number of Topliss-reactive ketones (excluding diaryl/α,β-unsaturated/α-hetero) is 2. The molecule has 0 spiro atoms. The van der Waals surface area contributed by atoms with Crippen molar-refractivity contribution in [2.24, 2.45) is 0 Å². The van der Waals surface area contributed by atoms with Gasteiger partial charge in [0.2, 0.25) is 5.91 Å². The molecule has 1 amide bonds. The third-order valence-corrected chi connectivity index (χ3v) is 6.13. The molecule has 0 fully saturated rings. The molecule has 2 aromatic rings. The molecule has 0 atom stereocenters. The number of likely N-dealkylation sites (N-methyl/N-ethyl adjacent to an activating group) is 1. The van der Waals surface area contributed by atoms with E-state index in [9.17, 15) is 14.4 Å². The van der Waals surface area contributed by atoms with Gasteiger partial charge in [0.1, 0.15) is 5.78 Å². The molecule has 0 radical (unpaired) electrons. The Bertz CT molecular complexity index is 799. The van der Waals surface area contributed by atoms with Crippen molar-refractivity contribution < 1.29 is 14.4 Å². The van der Waals surface area contributed by atoms with Crippen LogP contribution >= 0.6 is 22.7 Å². The molecule has 0 saturated carbocycles. The Hall–Kier alpha value is -1.90. The summed E-state index contributed by atoms with van der Waals surface area (Å²) < 4.78 is 0. The number of carbonyl (C=O) groups is 3. The third kappa shape index (κ3) is 5.06. The van der Waals surface area contributed by atoms with Crippen molar-refractivity contribution in [3.05, 3.63) is 33.0 Å². The monoisotopic (exact) mass is 391 g/mol. The molecule has 1 N–H and O–H groups in total. The zero-order valence-corrected chi connectivity index (χ0v) is 16.3. The van der Waals surface area contributed by atoms with E-state index in [1.54, 1.807) is 6.07 Å². The number of hydrogen-bond acceptors (Lipinski definition) is 7. The first-order valence-electron chi connectivity index (χ1n) is 8.56. The smallest absolute Gasteiger partial charge is 0.226 e. The zero-order chi connectivity index (χ0) is 18.5. The summed E-state index contributed by atoms with van der Waals surface area (Å²) in [6.45, 7) is 1.84. The Labute approximate surface area is 160 Å². The molecule has 3 rings (SSSR count).